The average Bonchev–Trinajstić information content (AvgIpc) is 3.07. The first-order valence-corrected chi connectivity index (χ1v) is 8.48. The molecule has 0 saturated carbocycles. The van der Waals surface area contributed by atoms with E-state index in [2.05, 4.69) is 6.58 Å². The average molecular weight is 382 g/mol. The summed E-state index contributed by atoms with van der Waals surface area (Å²) in [6.07, 6.45) is 1.67. The molecule has 0 aliphatic rings. The molecule has 0 spiro atoms. The number of hydrogen-bond acceptors (Lipinski definition) is 5. The smallest absolute Gasteiger partial charge is 0.276 e. The second kappa shape index (κ2) is 7.66. The van der Waals surface area contributed by atoms with Gasteiger partial charge in [-0.1, -0.05) is 12.6 Å². The molecule has 0 bridgehead atoms. The number of carbonyl (C=O) groups excluding carboxylic acids is 1. The Morgan fingerprint density at radius 2 is 1.68 bits per heavy atom. The second-order valence-electron chi connectivity index (χ2n) is 6.22. The number of hydroxylamine groups is 1. The van der Waals surface area contributed by atoms with E-state index < -0.39 is 5.91 Å². The molecule has 0 aliphatic heterocycles. The van der Waals surface area contributed by atoms with Gasteiger partial charge in [-0.25, -0.2) is 5.48 Å². The molecule has 0 radical (unpaired) electrons. The van der Waals surface area contributed by atoms with E-state index in [0.717, 1.165) is 22.2 Å². The van der Waals surface area contributed by atoms with Crippen molar-refractivity contribution in [1.82, 2.24) is 10.0 Å². The summed E-state index contributed by atoms with van der Waals surface area (Å²) < 4.78 is 18.0. The highest BCUT2D eigenvalue weighted by Crippen LogP contribution is 2.41. The normalized spacial score (nSPS) is 10.6. The Kier molecular flexibility index (Phi) is 5.28. The van der Waals surface area contributed by atoms with Crippen LogP contribution in [0, 0.1) is 0 Å². The van der Waals surface area contributed by atoms with Gasteiger partial charge in [0.2, 0.25) is 5.75 Å². The van der Waals surface area contributed by atoms with Crippen LogP contribution in [0.5, 0.6) is 17.2 Å². The third kappa shape index (κ3) is 3.16. The van der Waals surface area contributed by atoms with Crippen molar-refractivity contribution in [2.45, 2.75) is 0 Å². The van der Waals surface area contributed by atoms with E-state index in [-0.39, 0.29) is 0 Å². The van der Waals surface area contributed by atoms with Gasteiger partial charge in [0.1, 0.15) is 0 Å². The van der Waals surface area contributed by atoms with Crippen LogP contribution in [0.3, 0.4) is 0 Å². The van der Waals surface area contributed by atoms with Crippen LogP contribution in [0.15, 0.2) is 43.1 Å². The highest BCUT2D eigenvalue weighted by Gasteiger charge is 2.17. The number of amides is 1. The lowest BCUT2D eigenvalue weighted by molar-refractivity contribution is 0.0708. The van der Waals surface area contributed by atoms with Crippen LogP contribution < -0.4 is 19.7 Å². The number of nitrogens with one attached hydrogen (secondary N) is 1. The van der Waals surface area contributed by atoms with Crippen LogP contribution in [-0.2, 0) is 7.05 Å². The van der Waals surface area contributed by atoms with Crippen molar-refractivity contribution < 1.29 is 24.2 Å². The first-order valence-electron chi connectivity index (χ1n) is 8.48. The quantitative estimate of drug-likeness (QED) is 0.505. The van der Waals surface area contributed by atoms with Gasteiger partial charge in [0.25, 0.3) is 5.91 Å². The molecule has 0 atom stereocenters. The van der Waals surface area contributed by atoms with E-state index in [4.69, 9.17) is 19.4 Å². The van der Waals surface area contributed by atoms with Crippen molar-refractivity contribution in [2.24, 2.45) is 7.05 Å². The Morgan fingerprint density at radius 1 is 1.04 bits per heavy atom. The maximum Gasteiger partial charge on any atom is 0.276 e. The van der Waals surface area contributed by atoms with Crippen molar-refractivity contribution in [1.29, 1.82) is 0 Å². The van der Waals surface area contributed by atoms with Gasteiger partial charge >= 0.3 is 0 Å². The number of aromatic nitrogens is 1. The van der Waals surface area contributed by atoms with Gasteiger partial charge in [-0.3, -0.25) is 10.0 Å². The molecule has 7 heteroatoms. The number of methoxy groups -OCH3 is 3. The van der Waals surface area contributed by atoms with E-state index in [1.807, 2.05) is 41.9 Å². The van der Waals surface area contributed by atoms with E-state index in [9.17, 15) is 4.79 Å². The summed E-state index contributed by atoms with van der Waals surface area (Å²) in [6, 6.07) is 9.34. The lowest BCUT2D eigenvalue weighted by atomic mass is 9.97. The molecule has 3 rings (SSSR count). The Balaban J connectivity index is 2.12. The van der Waals surface area contributed by atoms with E-state index in [1.54, 1.807) is 33.0 Å². The highest BCUT2D eigenvalue weighted by atomic mass is 16.5. The molecule has 2 aromatic carbocycles. The molecular formula is C21H22N2O5. The molecule has 2 N–H and O–H groups in total. The summed E-state index contributed by atoms with van der Waals surface area (Å²) in [5, 5.41) is 9.72. The third-order valence-corrected chi connectivity index (χ3v) is 4.70. The number of ether oxygens (including phenoxy) is 3. The fraction of sp³-hybridized carbons (Fsp3) is 0.190. The van der Waals surface area contributed by atoms with Crippen LogP contribution in [0.25, 0.3) is 16.5 Å². The Bertz CT molecular complexity index is 1040. The maximum absolute atomic E-state index is 12.0. The van der Waals surface area contributed by atoms with Crippen LogP contribution in [0.2, 0.25) is 0 Å². The fourth-order valence-corrected chi connectivity index (χ4v) is 3.24. The Morgan fingerprint density at radius 3 is 2.21 bits per heavy atom. The largest absolute Gasteiger partial charge is 0.493 e. The molecular weight excluding hydrogens is 360 g/mol. The zero-order valence-corrected chi connectivity index (χ0v) is 16.2. The van der Waals surface area contributed by atoms with Gasteiger partial charge in [0.15, 0.2) is 11.5 Å². The minimum atomic E-state index is -0.568. The molecule has 28 heavy (non-hydrogen) atoms. The summed E-state index contributed by atoms with van der Waals surface area (Å²) in [5.74, 6) is 0.987. The van der Waals surface area contributed by atoms with Gasteiger partial charge in [-0.15, -0.1) is 0 Å². The van der Waals surface area contributed by atoms with Crippen LogP contribution in [0.1, 0.15) is 21.5 Å². The summed E-state index contributed by atoms with van der Waals surface area (Å²) in [7, 11) is 6.50. The predicted molar refractivity (Wildman–Crippen MR) is 106 cm³/mol. The Labute approximate surface area is 162 Å². The van der Waals surface area contributed by atoms with Gasteiger partial charge in [-0.2, -0.15) is 0 Å². The molecule has 7 nitrogen and oxygen atoms in total. The van der Waals surface area contributed by atoms with Crippen molar-refractivity contribution >= 4 is 22.4 Å². The van der Waals surface area contributed by atoms with Crippen molar-refractivity contribution in [3.8, 4) is 17.2 Å². The number of fused-ring (bicyclic) bond motifs is 1. The lowest BCUT2D eigenvalue weighted by Gasteiger charge is -2.15. The SMILES string of the molecule is C=C(c1cc(OC)c(OC)c(OC)c1)c1ccc2c(c1)c(C(=O)NO)cn2C. The zero-order valence-electron chi connectivity index (χ0n) is 16.2. The number of carbonyl (C=O) groups is 1. The number of hydrogen-bond donors (Lipinski definition) is 2. The van der Waals surface area contributed by atoms with Crippen LogP contribution in [0.4, 0.5) is 0 Å². The molecule has 1 aromatic heterocycles. The number of aryl methyl sites for hydroxylation is 1. The standard InChI is InChI=1S/C21H22N2O5/c1-12(14-9-18(26-3)20(28-5)19(10-14)27-4)13-6-7-17-15(8-13)16(11-23(17)2)21(24)22-25/h6-11,25H,1H2,2-5H3,(H,22,24). The minimum Gasteiger partial charge on any atom is -0.493 e. The van der Waals surface area contributed by atoms with E-state index in [1.165, 1.54) is 0 Å². The Hall–Kier alpha value is -3.45. The van der Waals surface area contributed by atoms with E-state index >= 15 is 0 Å². The molecule has 0 fully saturated rings. The monoisotopic (exact) mass is 382 g/mol. The summed E-state index contributed by atoms with van der Waals surface area (Å²) >= 11 is 0. The maximum atomic E-state index is 12.0. The van der Waals surface area contributed by atoms with Crippen molar-refractivity contribution in [3.63, 3.8) is 0 Å². The first kappa shape index (κ1) is 19.3. The minimum absolute atomic E-state index is 0.375. The molecule has 146 valence electrons. The zero-order chi connectivity index (χ0) is 20.4. The predicted octanol–water partition coefficient (Wildman–Crippen LogP) is 3.38. The summed E-state index contributed by atoms with van der Waals surface area (Å²) in [4.78, 5) is 12.0. The lowest BCUT2D eigenvalue weighted by Crippen LogP contribution is -2.18. The molecule has 0 aliphatic carbocycles. The number of nitrogens with zero attached hydrogens (tertiary/aromatic N) is 1. The highest BCUT2D eigenvalue weighted by molar-refractivity contribution is 6.07. The fourth-order valence-electron chi connectivity index (χ4n) is 3.24. The first-order chi connectivity index (χ1) is 13.4. The number of rotatable bonds is 6. The number of benzene rings is 2. The van der Waals surface area contributed by atoms with Gasteiger partial charge in [-0.05, 0) is 41.0 Å². The summed E-state index contributed by atoms with van der Waals surface area (Å²) in [5.41, 5.74) is 5.26. The van der Waals surface area contributed by atoms with Gasteiger partial charge in [0.05, 0.1) is 26.9 Å². The third-order valence-electron chi connectivity index (χ3n) is 4.70. The van der Waals surface area contributed by atoms with Crippen molar-refractivity contribution in [3.05, 3.63) is 59.8 Å². The summed E-state index contributed by atoms with van der Waals surface area (Å²) in [6.45, 7) is 4.20. The molecule has 0 saturated heterocycles. The second-order valence-corrected chi connectivity index (χ2v) is 6.22. The topological polar surface area (TPSA) is 82.0 Å². The van der Waals surface area contributed by atoms with Gasteiger partial charge < -0.3 is 18.8 Å². The van der Waals surface area contributed by atoms with E-state index in [0.29, 0.717) is 28.2 Å². The van der Waals surface area contributed by atoms with Crippen LogP contribution >= 0.6 is 0 Å². The van der Waals surface area contributed by atoms with Crippen LogP contribution in [-0.4, -0.2) is 37.0 Å². The molecule has 1 amide bonds. The van der Waals surface area contributed by atoms with Gasteiger partial charge in [0, 0.05) is 24.1 Å². The molecule has 0 unspecified atom stereocenters. The molecule has 1 heterocycles. The van der Waals surface area contributed by atoms with Crippen molar-refractivity contribution in [2.75, 3.05) is 21.3 Å². The molecule has 3 aromatic rings.